The topological polar surface area (TPSA) is 32.3 Å². The van der Waals surface area contributed by atoms with E-state index in [4.69, 9.17) is 11.6 Å². The van der Waals surface area contributed by atoms with Crippen molar-refractivity contribution in [3.8, 4) is 0 Å². The molecule has 4 heteroatoms. The average Bonchev–Trinajstić information content (AvgIpc) is 2.99. The van der Waals surface area contributed by atoms with Gasteiger partial charge in [0.25, 0.3) is 0 Å². The molecule has 0 heterocycles. The lowest BCUT2D eigenvalue weighted by Crippen LogP contribution is -2.32. The molecule has 2 rings (SSSR count). The van der Waals surface area contributed by atoms with E-state index in [9.17, 15) is 4.79 Å². The van der Waals surface area contributed by atoms with Gasteiger partial charge in [-0.2, -0.15) is 0 Å². The van der Waals surface area contributed by atoms with Crippen molar-refractivity contribution in [3.63, 3.8) is 0 Å². The predicted octanol–water partition coefficient (Wildman–Crippen LogP) is 2.97. The number of carbonyl (C=O) groups excluding carboxylic acids is 1. The van der Waals surface area contributed by atoms with E-state index in [2.05, 4.69) is 5.32 Å². The van der Waals surface area contributed by atoms with Crippen LogP contribution >= 0.6 is 11.6 Å². The minimum Gasteiger partial charge on any atom is -0.325 e. The first-order chi connectivity index (χ1) is 7.16. The van der Waals surface area contributed by atoms with E-state index in [1.807, 2.05) is 19.2 Å². The van der Waals surface area contributed by atoms with Gasteiger partial charge in [0.2, 0.25) is 0 Å². The van der Waals surface area contributed by atoms with Gasteiger partial charge in [-0.1, -0.05) is 17.7 Å². The molecule has 1 aliphatic rings. The number of hydrogen-bond acceptors (Lipinski definition) is 1. The fourth-order valence-electron chi connectivity index (χ4n) is 1.41. The van der Waals surface area contributed by atoms with Gasteiger partial charge in [-0.15, -0.1) is 0 Å². The van der Waals surface area contributed by atoms with Crippen LogP contribution in [0.25, 0.3) is 0 Å². The van der Waals surface area contributed by atoms with Crippen LogP contribution in [0.1, 0.15) is 12.8 Å². The Labute approximate surface area is 94.0 Å². The van der Waals surface area contributed by atoms with Crippen LogP contribution in [0.5, 0.6) is 0 Å². The van der Waals surface area contributed by atoms with Crippen molar-refractivity contribution in [2.75, 3.05) is 12.4 Å². The Morgan fingerprint density at radius 3 is 2.87 bits per heavy atom. The van der Waals surface area contributed by atoms with Crippen molar-refractivity contribution >= 4 is 23.3 Å². The molecule has 1 fully saturated rings. The van der Waals surface area contributed by atoms with Gasteiger partial charge in [-0.25, -0.2) is 4.79 Å². The molecule has 1 aromatic carbocycles. The molecule has 0 aromatic heterocycles. The Bertz CT molecular complexity index is 377. The summed E-state index contributed by atoms with van der Waals surface area (Å²) >= 11 is 5.82. The van der Waals surface area contributed by atoms with Gasteiger partial charge in [0.1, 0.15) is 0 Å². The molecule has 80 valence electrons. The number of nitrogens with zero attached hydrogens (tertiary/aromatic N) is 1. The number of nitrogens with one attached hydrogen (secondary N) is 1. The number of carbonyl (C=O) groups is 1. The molecule has 0 saturated heterocycles. The van der Waals surface area contributed by atoms with Crippen molar-refractivity contribution < 1.29 is 4.79 Å². The highest BCUT2D eigenvalue weighted by atomic mass is 35.5. The zero-order valence-corrected chi connectivity index (χ0v) is 9.29. The van der Waals surface area contributed by atoms with E-state index in [1.165, 1.54) is 0 Å². The third-order valence-corrected chi connectivity index (χ3v) is 2.73. The number of anilines is 1. The molecule has 1 aromatic rings. The molecule has 0 unspecified atom stereocenters. The van der Waals surface area contributed by atoms with Crippen LogP contribution in [0.4, 0.5) is 10.5 Å². The zero-order valence-electron chi connectivity index (χ0n) is 8.53. The molecule has 0 spiro atoms. The minimum atomic E-state index is -0.0697. The second-order valence-corrected chi connectivity index (χ2v) is 4.22. The highest BCUT2D eigenvalue weighted by Crippen LogP contribution is 2.26. The number of halogens is 1. The third kappa shape index (κ3) is 2.63. The maximum Gasteiger partial charge on any atom is 0.321 e. The highest BCUT2D eigenvalue weighted by Gasteiger charge is 2.29. The molecule has 1 aliphatic carbocycles. The number of hydrogen-bond donors (Lipinski definition) is 1. The molecule has 1 N–H and O–H groups in total. The second-order valence-electron chi connectivity index (χ2n) is 3.78. The van der Waals surface area contributed by atoms with E-state index in [1.54, 1.807) is 17.0 Å². The summed E-state index contributed by atoms with van der Waals surface area (Å²) in [6.45, 7) is 0. The Morgan fingerprint density at radius 1 is 1.53 bits per heavy atom. The fourth-order valence-corrected chi connectivity index (χ4v) is 1.60. The van der Waals surface area contributed by atoms with Crippen LogP contribution in [0, 0.1) is 0 Å². The van der Waals surface area contributed by atoms with Gasteiger partial charge in [0, 0.05) is 23.8 Å². The van der Waals surface area contributed by atoms with Gasteiger partial charge in [-0.05, 0) is 31.0 Å². The molecule has 0 radical (unpaired) electrons. The predicted molar refractivity (Wildman–Crippen MR) is 61.3 cm³/mol. The summed E-state index contributed by atoms with van der Waals surface area (Å²) in [5.74, 6) is 0. The molecule has 0 aliphatic heterocycles. The van der Waals surface area contributed by atoms with Gasteiger partial charge in [0.05, 0.1) is 0 Å². The van der Waals surface area contributed by atoms with Gasteiger partial charge < -0.3 is 10.2 Å². The summed E-state index contributed by atoms with van der Waals surface area (Å²) in [5.41, 5.74) is 0.736. The van der Waals surface area contributed by atoms with Crippen molar-refractivity contribution in [2.24, 2.45) is 0 Å². The van der Waals surface area contributed by atoms with Crippen LogP contribution in [0.15, 0.2) is 24.3 Å². The Hall–Kier alpha value is -1.22. The SMILES string of the molecule is CN(C(=O)Nc1cccc(Cl)c1)C1CC1. The van der Waals surface area contributed by atoms with Crippen molar-refractivity contribution in [3.05, 3.63) is 29.3 Å². The second kappa shape index (κ2) is 4.11. The molecular weight excluding hydrogens is 212 g/mol. The van der Waals surface area contributed by atoms with Crippen molar-refractivity contribution in [1.29, 1.82) is 0 Å². The molecular formula is C11H13ClN2O. The maximum atomic E-state index is 11.7. The van der Waals surface area contributed by atoms with Gasteiger partial charge in [0.15, 0.2) is 0 Å². The Balaban J connectivity index is 1.98. The van der Waals surface area contributed by atoms with E-state index in [-0.39, 0.29) is 6.03 Å². The number of benzene rings is 1. The molecule has 3 nitrogen and oxygen atoms in total. The molecule has 1 saturated carbocycles. The fraction of sp³-hybridized carbons (Fsp3) is 0.364. The number of urea groups is 1. The lowest BCUT2D eigenvalue weighted by Gasteiger charge is -2.17. The molecule has 0 atom stereocenters. The highest BCUT2D eigenvalue weighted by molar-refractivity contribution is 6.30. The molecule has 0 bridgehead atoms. The lowest BCUT2D eigenvalue weighted by molar-refractivity contribution is 0.220. The zero-order chi connectivity index (χ0) is 10.8. The van der Waals surface area contributed by atoms with Crippen LogP contribution in [0.3, 0.4) is 0 Å². The monoisotopic (exact) mass is 224 g/mol. The average molecular weight is 225 g/mol. The maximum absolute atomic E-state index is 11.7. The summed E-state index contributed by atoms with van der Waals surface area (Å²) in [7, 11) is 1.82. The number of amides is 2. The van der Waals surface area contributed by atoms with Crippen LogP contribution in [-0.4, -0.2) is 24.0 Å². The Morgan fingerprint density at radius 2 is 2.27 bits per heavy atom. The van der Waals surface area contributed by atoms with E-state index >= 15 is 0 Å². The smallest absolute Gasteiger partial charge is 0.321 e. The standard InChI is InChI=1S/C11H13ClN2O/c1-14(10-5-6-10)11(15)13-9-4-2-3-8(12)7-9/h2-4,7,10H,5-6H2,1H3,(H,13,15). The summed E-state index contributed by atoms with van der Waals surface area (Å²) in [5, 5.41) is 3.43. The van der Waals surface area contributed by atoms with Crippen molar-refractivity contribution in [1.82, 2.24) is 4.90 Å². The largest absolute Gasteiger partial charge is 0.325 e. The van der Waals surface area contributed by atoms with Crippen LogP contribution < -0.4 is 5.32 Å². The van der Waals surface area contributed by atoms with Crippen molar-refractivity contribution in [2.45, 2.75) is 18.9 Å². The summed E-state index contributed by atoms with van der Waals surface area (Å²) in [6, 6.07) is 7.51. The third-order valence-electron chi connectivity index (χ3n) is 2.49. The summed E-state index contributed by atoms with van der Waals surface area (Å²) in [6.07, 6.45) is 2.22. The molecule has 2 amide bonds. The van der Waals surface area contributed by atoms with E-state index in [0.29, 0.717) is 11.1 Å². The summed E-state index contributed by atoms with van der Waals surface area (Å²) < 4.78 is 0. The summed E-state index contributed by atoms with van der Waals surface area (Å²) in [4.78, 5) is 13.4. The van der Waals surface area contributed by atoms with Crippen LogP contribution in [-0.2, 0) is 0 Å². The first-order valence-electron chi connectivity index (χ1n) is 4.96. The normalized spacial score (nSPS) is 14.8. The van der Waals surface area contributed by atoms with E-state index in [0.717, 1.165) is 18.5 Å². The van der Waals surface area contributed by atoms with Crippen LogP contribution in [0.2, 0.25) is 5.02 Å². The first kappa shape index (κ1) is 10.3. The molecule has 15 heavy (non-hydrogen) atoms. The minimum absolute atomic E-state index is 0.0697. The lowest BCUT2D eigenvalue weighted by atomic mass is 10.3. The quantitative estimate of drug-likeness (QED) is 0.823. The van der Waals surface area contributed by atoms with Gasteiger partial charge >= 0.3 is 6.03 Å². The van der Waals surface area contributed by atoms with Gasteiger partial charge in [-0.3, -0.25) is 0 Å². The number of rotatable bonds is 2. The first-order valence-corrected chi connectivity index (χ1v) is 5.34. The Kier molecular flexibility index (Phi) is 2.82. The van der Waals surface area contributed by atoms with E-state index < -0.39 is 0 Å².